The highest BCUT2D eigenvalue weighted by Crippen LogP contribution is 2.32. The van der Waals surface area contributed by atoms with Crippen molar-refractivity contribution in [3.05, 3.63) is 71.4 Å². The lowest BCUT2D eigenvalue weighted by molar-refractivity contribution is 0.0387. The van der Waals surface area contributed by atoms with Crippen molar-refractivity contribution in [3.8, 4) is 5.75 Å². The molecule has 3 atom stereocenters. The van der Waals surface area contributed by atoms with Gasteiger partial charge in [0.15, 0.2) is 0 Å². The van der Waals surface area contributed by atoms with Gasteiger partial charge in [-0.1, -0.05) is 13.0 Å². The number of fused-ring (bicyclic) bond motifs is 1. The molecule has 2 heterocycles. The fraction of sp³-hybridized carbons (Fsp3) is 0.346. The molecule has 0 spiro atoms. The van der Waals surface area contributed by atoms with Crippen molar-refractivity contribution in [2.45, 2.75) is 35.1 Å². The highest BCUT2D eigenvalue weighted by atomic mass is 32.2. The third-order valence-electron chi connectivity index (χ3n) is 6.64. The molecule has 40 heavy (non-hydrogen) atoms. The molecule has 1 amide bonds. The zero-order valence-electron chi connectivity index (χ0n) is 22.0. The third kappa shape index (κ3) is 6.31. The number of anilines is 1. The SMILES string of the molecule is C[C@H](CO)N1C[C@H](C)[C@@H](CN(C)S(=O)(=O)c2cccs2)Oc2ccc(NS(=O)(=O)c3ccc(F)cc3)cc2C1=O. The first-order valence-electron chi connectivity index (χ1n) is 12.3. The van der Waals surface area contributed by atoms with E-state index in [1.165, 1.54) is 40.5 Å². The van der Waals surface area contributed by atoms with Gasteiger partial charge >= 0.3 is 0 Å². The average molecular weight is 612 g/mol. The highest BCUT2D eigenvalue weighted by Gasteiger charge is 2.35. The molecule has 0 saturated heterocycles. The predicted octanol–water partition coefficient (Wildman–Crippen LogP) is 3.23. The molecule has 0 radical (unpaired) electrons. The number of aliphatic hydroxyl groups excluding tert-OH is 1. The monoisotopic (exact) mass is 611 g/mol. The first-order chi connectivity index (χ1) is 18.8. The molecule has 0 aliphatic carbocycles. The van der Waals surface area contributed by atoms with Crippen LogP contribution in [0.5, 0.6) is 5.75 Å². The van der Waals surface area contributed by atoms with Gasteiger partial charge in [0.1, 0.15) is 21.9 Å². The Balaban J connectivity index is 1.68. The van der Waals surface area contributed by atoms with Crippen molar-refractivity contribution in [2.75, 3.05) is 31.5 Å². The van der Waals surface area contributed by atoms with Crippen molar-refractivity contribution < 1.29 is 35.9 Å². The Morgan fingerprint density at radius 1 is 1.18 bits per heavy atom. The number of benzene rings is 2. The summed E-state index contributed by atoms with van der Waals surface area (Å²) in [5.74, 6) is -1.25. The number of halogens is 1. The van der Waals surface area contributed by atoms with Crippen LogP contribution in [0.4, 0.5) is 10.1 Å². The minimum absolute atomic E-state index is 0.0185. The topological polar surface area (TPSA) is 133 Å². The standard InChI is InChI=1S/C26H30FN3O7S3/c1-17-14-30(18(2)16-31)26(32)22-13-20(28-39(33,34)21-9-6-19(27)7-10-21)8-11-23(22)37-24(17)15-29(3)40(35,36)25-5-4-12-38-25/h4-13,17-18,24,28,31H,14-16H2,1-3H3/t17-,18+,24+/m0/s1. The van der Waals surface area contributed by atoms with E-state index in [4.69, 9.17) is 4.74 Å². The molecule has 2 aromatic carbocycles. The van der Waals surface area contributed by atoms with Crippen LogP contribution >= 0.6 is 11.3 Å². The summed E-state index contributed by atoms with van der Waals surface area (Å²) in [7, 11) is -6.40. The lowest BCUT2D eigenvalue weighted by Gasteiger charge is -2.38. The van der Waals surface area contributed by atoms with Crippen LogP contribution in [0.3, 0.4) is 0 Å². The molecular formula is C26H30FN3O7S3. The minimum atomic E-state index is -4.09. The second kappa shape index (κ2) is 11.8. The number of hydrogen-bond acceptors (Lipinski definition) is 8. The molecular weight excluding hydrogens is 581 g/mol. The Morgan fingerprint density at radius 2 is 1.88 bits per heavy atom. The molecule has 0 bridgehead atoms. The number of ether oxygens (including phenoxy) is 1. The second-order valence-electron chi connectivity index (χ2n) is 9.61. The predicted molar refractivity (Wildman–Crippen MR) is 149 cm³/mol. The van der Waals surface area contributed by atoms with Gasteiger partial charge in [0.2, 0.25) is 0 Å². The van der Waals surface area contributed by atoms with E-state index < -0.39 is 43.9 Å². The van der Waals surface area contributed by atoms with Crippen LogP contribution in [0.2, 0.25) is 0 Å². The number of thiophene rings is 1. The van der Waals surface area contributed by atoms with E-state index in [0.29, 0.717) is 0 Å². The molecule has 1 aromatic heterocycles. The van der Waals surface area contributed by atoms with E-state index in [-0.39, 0.29) is 51.7 Å². The Labute approximate surface area is 237 Å². The van der Waals surface area contributed by atoms with E-state index in [1.807, 2.05) is 6.92 Å². The van der Waals surface area contributed by atoms with Gasteiger partial charge in [-0.3, -0.25) is 9.52 Å². The largest absolute Gasteiger partial charge is 0.488 e. The molecule has 14 heteroatoms. The van der Waals surface area contributed by atoms with Gasteiger partial charge in [0.25, 0.3) is 26.0 Å². The number of nitrogens with one attached hydrogen (secondary N) is 1. The van der Waals surface area contributed by atoms with Crippen LogP contribution in [0.1, 0.15) is 24.2 Å². The van der Waals surface area contributed by atoms with Gasteiger partial charge in [-0.05, 0) is 60.8 Å². The Bertz CT molecular complexity index is 1560. The molecule has 3 aromatic rings. The van der Waals surface area contributed by atoms with Crippen molar-refractivity contribution in [2.24, 2.45) is 5.92 Å². The maximum atomic E-state index is 13.6. The molecule has 0 fully saturated rings. The molecule has 2 N–H and O–H groups in total. The maximum absolute atomic E-state index is 13.6. The summed E-state index contributed by atoms with van der Waals surface area (Å²) in [5.41, 5.74) is 0.111. The van der Waals surface area contributed by atoms with Crippen LogP contribution in [0.25, 0.3) is 0 Å². The average Bonchev–Trinajstić information content (AvgIpc) is 3.47. The quantitative estimate of drug-likeness (QED) is 0.380. The third-order valence-corrected chi connectivity index (χ3v) is 11.2. The molecule has 0 unspecified atom stereocenters. The van der Waals surface area contributed by atoms with Crippen LogP contribution in [0.15, 0.2) is 69.1 Å². The van der Waals surface area contributed by atoms with Gasteiger partial charge in [0.05, 0.1) is 29.7 Å². The Hall–Kier alpha value is -3.04. The van der Waals surface area contributed by atoms with Gasteiger partial charge in [-0.2, -0.15) is 4.31 Å². The van der Waals surface area contributed by atoms with Crippen LogP contribution in [-0.4, -0.2) is 75.9 Å². The summed E-state index contributed by atoms with van der Waals surface area (Å²) in [6, 6.07) is 11.1. The number of aliphatic hydroxyl groups is 1. The van der Waals surface area contributed by atoms with Crippen LogP contribution in [-0.2, 0) is 20.0 Å². The van der Waals surface area contributed by atoms with E-state index in [2.05, 4.69) is 4.72 Å². The summed E-state index contributed by atoms with van der Waals surface area (Å²) >= 11 is 1.10. The molecule has 216 valence electrons. The summed E-state index contributed by atoms with van der Waals surface area (Å²) in [6.07, 6.45) is -0.679. The van der Waals surface area contributed by atoms with E-state index in [0.717, 1.165) is 35.6 Å². The van der Waals surface area contributed by atoms with Crippen molar-refractivity contribution in [3.63, 3.8) is 0 Å². The number of amides is 1. The van der Waals surface area contributed by atoms with Crippen molar-refractivity contribution in [1.82, 2.24) is 9.21 Å². The zero-order chi connectivity index (χ0) is 29.2. The maximum Gasteiger partial charge on any atom is 0.261 e. The van der Waals surface area contributed by atoms with Gasteiger partial charge in [-0.25, -0.2) is 21.2 Å². The number of hydrogen-bond donors (Lipinski definition) is 2. The summed E-state index contributed by atoms with van der Waals surface area (Å²) in [6.45, 7) is 3.33. The second-order valence-corrected chi connectivity index (χ2v) is 14.5. The van der Waals surface area contributed by atoms with Gasteiger partial charge in [0, 0.05) is 25.2 Å². The van der Waals surface area contributed by atoms with Crippen LogP contribution < -0.4 is 9.46 Å². The number of carbonyl (C=O) groups excluding carboxylic acids is 1. The molecule has 10 nitrogen and oxygen atoms in total. The van der Waals surface area contributed by atoms with E-state index in [9.17, 15) is 31.1 Å². The number of likely N-dealkylation sites (N-methyl/N-ethyl adjacent to an activating group) is 1. The fourth-order valence-corrected chi connectivity index (χ4v) is 7.68. The Morgan fingerprint density at radius 3 is 2.50 bits per heavy atom. The number of sulfonamides is 2. The fourth-order valence-electron chi connectivity index (χ4n) is 4.25. The molecule has 4 rings (SSSR count). The number of carbonyl (C=O) groups is 1. The molecule has 1 aliphatic heterocycles. The van der Waals surface area contributed by atoms with Gasteiger partial charge < -0.3 is 14.7 Å². The first kappa shape index (κ1) is 29.9. The molecule has 1 aliphatic rings. The lowest BCUT2D eigenvalue weighted by atomic mass is 9.99. The summed E-state index contributed by atoms with van der Waals surface area (Å²) in [4.78, 5) is 14.9. The number of nitrogens with zero attached hydrogens (tertiary/aromatic N) is 2. The van der Waals surface area contributed by atoms with Gasteiger partial charge in [-0.15, -0.1) is 11.3 Å². The lowest BCUT2D eigenvalue weighted by Crippen LogP contribution is -2.50. The first-order valence-corrected chi connectivity index (χ1v) is 16.1. The zero-order valence-corrected chi connectivity index (χ0v) is 24.5. The normalized spacial score (nSPS) is 18.9. The van der Waals surface area contributed by atoms with Crippen molar-refractivity contribution in [1.29, 1.82) is 0 Å². The van der Waals surface area contributed by atoms with E-state index in [1.54, 1.807) is 18.4 Å². The summed E-state index contributed by atoms with van der Waals surface area (Å²) in [5, 5.41) is 11.5. The molecule has 0 saturated carbocycles. The Kier molecular flexibility index (Phi) is 8.85. The van der Waals surface area contributed by atoms with E-state index >= 15 is 0 Å². The van der Waals surface area contributed by atoms with Crippen molar-refractivity contribution >= 4 is 43.0 Å². The van der Waals surface area contributed by atoms with Crippen LogP contribution in [0, 0.1) is 11.7 Å². The minimum Gasteiger partial charge on any atom is -0.488 e. The number of rotatable bonds is 9. The smallest absolute Gasteiger partial charge is 0.261 e. The summed E-state index contributed by atoms with van der Waals surface area (Å²) < 4.78 is 75.1. The highest BCUT2D eigenvalue weighted by molar-refractivity contribution is 7.92.